The second-order valence-electron chi connectivity index (χ2n) is 4.25. The van der Waals surface area contributed by atoms with Gasteiger partial charge in [-0.2, -0.15) is 0 Å². The normalized spacial score (nSPS) is 22.9. The van der Waals surface area contributed by atoms with Crippen molar-refractivity contribution in [3.05, 3.63) is 24.0 Å². The lowest BCUT2D eigenvalue weighted by Crippen LogP contribution is -2.39. The summed E-state index contributed by atoms with van der Waals surface area (Å²) in [6.07, 6.45) is 2.25. The molecule has 0 saturated carbocycles. The van der Waals surface area contributed by atoms with Gasteiger partial charge < -0.3 is 19.9 Å². The van der Waals surface area contributed by atoms with Crippen LogP contribution in [0.25, 0.3) is 0 Å². The summed E-state index contributed by atoms with van der Waals surface area (Å²) in [7, 11) is 1.64. The summed E-state index contributed by atoms with van der Waals surface area (Å²) in [5.74, 6) is -1.05. The van der Waals surface area contributed by atoms with E-state index in [0.717, 1.165) is 6.42 Å². The van der Waals surface area contributed by atoms with Gasteiger partial charge in [0.1, 0.15) is 5.60 Å². The maximum atomic E-state index is 11.0. The third-order valence-electron chi connectivity index (χ3n) is 3.11. The quantitative estimate of drug-likeness (QED) is 0.813. The van der Waals surface area contributed by atoms with Crippen molar-refractivity contribution in [2.45, 2.75) is 12.0 Å². The molecule has 1 unspecified atom stereocenters. The summed E-state index contributed by atoms with van der Waals surface area (Å²) >= 11 is 0. The van der Waals surface area contributed by atoms with E-state index in [1.165, 1.54) is 6.20 Å². The molecule has 1 saturated heterocycles. The molecule has 1 fully saturated rings. The van der Waals surface area contributed by atoms with Crippen molar-refractivity contribution in [3.63, 3.8) is 0 Å². The zero-order chi connectivity index (χ0) is 13.0. The number of pyridine rings is 1. The van der Waals surface area contributed by atoms with Gasteiger partial charge in [-0.05, 0) is 12.1 Å². The van der Waals surface area contributed by atoms with Crippen molar-refractivity contribution in [2.75, 3.05) is 32.2 Å². The molecule has 6 nitrogen and oxygen atoms in total. The predicted octanol–water partition coefficient (Wildman–Crippen LogP) is 0.997. The summed E-state index contributed by atoms with van der Waals surface area (Å²) in [5.41, 5.74) is 0.127. The van der Waals surface area contributed by atoms with Crippen molar-refractivity contribution < 1.29 is 19.4 Å². The van der Waals surface area contributed by atoms with Gasteiger partial charge in [0.05, 0.1) is 12.3 Å². The second kappa shape index (κ2) is 5.32. The molecule has 98 valence electrons. The van der Waals surface area contributed by atoms with E-state index in [2.05, 4.69) is 10.3 Å². The molecule has 0 amide bonds. The number of nitrogens with zero attached hydrogens (tertiary/aromatic N) is 1. The van der Waals surface area contributed by atoms with Crippen LogP contribution in [0.15, 0.2) is 18.3 Å². The molecule has 2 heterocycles. The maximum Gasteiger partial charge on any atom is 0.356 e. The lowest BCUT2D eigenvalue weighted by Gasteiger charge is -2.26. The zero-order valence-electron chi connectivity index (χ0n) is 10.2. The highest BCUT2D eigenvalue weighted by atomic mass is 16.5. The number of anilines is 1. The Morgan fingerprint density at radius 1 is 1.72 bits per heavy atom. The van der Waals surface area contributed by atoms with E-state index >= 15 is 0 Å². The highest BCUT2D eigenvalue weighted by Gasteiger charge is 2.35. The summed E-state index contributed by atoms with van der Waals surface area (Å²) in [6.45, 7) is 1.67. The van der Waals surface area contributed by atoms with Crippen molar-refractivity contribution >= 4 is 11.7 Å². The number of hydrogen-bond acceptors (Lipinski definition) is 5. The Labute approximate surface area is 105 Å². The van der Waals surface area contributed by atoms with Crippen molar-refractivity contribution in [1.82, 2.24) is 4.98 Å². The molecule has 6 heteroatoms. The number of nitrogens with one attached hydrogen (secondary N) is 1. The molecule has 1 aromatic heterocycles. The Hall–Kier alpha value is -1.66. The molecule has 2 rings (SSSR count). The second-order valence-corrected chi connectivity index (χ2v) is 4.25. The number of methoxy groups -OCH3 is 1. The number of hydrogen-bond donors (Lipinski definition) is 2. The summed E-state index contributed by atoms with van der Waals surface area (Å²) in [6, 6.07) is 3.38. The van der Waals surface area contributed by atoms with Crippen molar-refractivity contribution in [1.29, 1.82) is 0 Å². The van der Waals surface area contributed by atoms with Crippen LogP contribution in [0.1, 0.15) is 16.9 Å². The van der Waals surface area contributed by atoms with Gasteiger partial charge in [0.15, 0.2) is 5.69 Å². The van der Waals surface area contributed by atoms with Crippen LogP contribution in [-0.2, 0) is 9.47 Å². The number of rotatable bonds is 5. The average Bonchev–Trinajstić information content (AvgIpc) is 2.86. The van der Waals surface area contributed by atoms with Gasteiger partial charge >= 0.3 is 5.97 Å². The zero-order valence-corrected chi connectivity index (χ0v) is 10.2. The van der Waals surface area contributed by atoms with E-state index in [1.54, 1.807) is 19.2 Å². The van der Waals surface area contributed by atoms with Crippen LogP contribution in [0.5, 0.6) is 0 Å². The molecule has 1 aliphatic rings. The van der Waals surface area contributed by atoms with Gasteiger partial charge in [0, 0.05) is 32.9 Å². The van der Waals surface area contributed by atoms with E-state index in [1.807, 2.05) is 0 Å². The molecule has 0 aromatic carbocycles. The molecule has 1 aliphatic heterocycles. The van der Waals surface area contributed by atoms with E-state index in [4.69, 9.17) is 14.6 Å². The van der Waals surface area contributed by atoms with E-state index < -0.39 is 5.97 Å². The minimum Gasteiger partial charge on any atom is -0.476 e. The smallest absolute Gasteiger partial charge is 0.356 e. The number of aromatic carboxylic acids is 1. The molecule has 0 aliphatic carbocycles. The fourth-order valence-electron chi connectivity index (χ4n) is 1.94. The summed E-state index contributed by atoms with van der Waals surface area (Å²) < 4.78 is 10.8. The molecule has 1 atom stereocenters. The standard InChI is InChI=1S/C12H16N2O4/c1-17-12(4-6-18-8-12)7-14-9-3-2-5-13-10(9)11(15)16/h2-3,5,14H,4,6-8H2,1H3,(H,15,16). The SMILES string of the molecule is COC1(CNc2cccnc2C(=O)O)CCOC1. The minimum atomic E-state index is -1.05. The van der Waals surface area contributed by atoms with Crippen LogP contribution in [-0.4, -0.2) is 48.5 Å². The summed E-state index contributed by atoms with van der Waals surface area (Å²) in [4.78, 5) is 14.8. The van der Waals surface area contributed by atoms with Gasteiger partial charge in [0.25, 0.3) is 0 Å². The fourth-order valence-corrected chi connectivity index (χ4v) is 1.94. The third-order valence-corrected chi connectivity index (χ3v) is 3.11. The number of carboxylic acids is 1. The van der Waals surface area contributed by atoms with E-state index in [-0.39, 0.29) is 11.3 Å². The van der Waals surface area contributed by atoms with Crippen LogP contribution in [0.3, 0.4) is 0 Å². The molecule has 0 radical (unpaired) electrons. The van der Waals surface area contributed by atoms with Crippen LogP contribution >= 0.6 is 0 Å². The monoisotopic (exact) mass is 252 g/mol. The number of carbonyl (C=O) groups is 1. The Balaban J connectivity index is 2.08. The molecule has 2 N–H and O–H groups in total. The maximum absolute atomic E-state index is 11.0. The van der Waals surface area contributed by atoms with Crippen LogP contribution < -0.4 is 5.32 Å². The average molecular weight is 252 g/mol. The molecule has 1 aromatic rings. The van der Waals surface area contributed by atoms with E-state index in [9.17, 15) is 4.79 Å². The van der Waals surface area contributed by atoms with Gasteiger partial charge in [-0.25, -0.2) is 9.78 Å². The van der Waals surface area contributed by atoms with Crippen molar-refractivity contribution in [2.24, 2.45) is 0 Å². The fraction of sp³-hybridized carbons (Fsp3) is 0.500. The van der Waals surface area contributed by atoms with Gasteiger partial charge in [-0.15, -0.1) is 0 Å². The first-order valence-electron chi connectivity index (χ1n) is 5.72. The topological polar surface area (TPSA) is 80.7 Å². The highest BCUT2D eigenvalue weighted by molar-refractivity contribution is 5.91. The van der Waals surface area contributed by atoms with Crippen LogP contribution in [0.4, 0.5) is 5.69 Å². The Morgan fingerprint density at radius 3 is 3.17 bits per heavy atom. The molecule has 0 spiro atoms. The number of ether oxygens (including phenoxy) is 2. The van der Waals surface area contributed by atoms with Crippen LogP contribution in [0.2, 0.25) is 0 Å². The molecule has 18 heavy (non-hydrogen) atoms. The Morgan fingerprint density at radius 2 is 2.56 bits per heavy atom. The first-order valence-corrected chi connectivity index (χ1v) is 5.72. The van der Waals surface area contributed by atoms with Gasteiger partial charge in [-0.1, -0.05) is 0 Å². The lowest BCUT2D eigenvalue weighted by molar-refractivity contribution is -0.00622. The first kappa shape index (κ1) is 12.8. The van der Waals surface area contributed by atoms with Gasteiger partial charge in [-0.3, -0.25) is 0 Å². The number of carboxylic acid groups (broad SMARTS) is 1. The Kier molecular flexibility index (Phi) is 3.78. The largest absolute Gasteiger partial charge is 0.476 e. The third kappa shape index (κ3) is 2.60. The minimum absolute atomic E-state index is 0.0164. The molecule has 0 bridgehead atoms. The van der Waals surface area contributed by atoms with Crippen molar-refractivity contribution in [3.8, 4) is 0 Å². The van der Waals surface area contributed by atoms with Gasteiger partial charge in [0.2, 0.25) is 0 Å². The summed E-state index contributed by atoms with van der Waals surface area (Å²) in [5, 5.41) is 12.1. The van der Waals surface area contributed by atoms with E-state index in [0.29, 0.717) is 25.4 Å². The number of aromatic nitrogens is 1. The lowest BCUT2D eigenvalue weighted by atomic mass is 10.0. The molecular weight excluding hydrogens is 236 g/mol. The highest BCUT2D eigenvalue weighted by Crippen LogP contribution is 2.23. The predicted molar refractivity (Wildman–Crippen MR) is 64.9 cm³/mol. The molecular formula is C12H16N2O4. The first-order chi connectivity index (χ1) is 8.67. The Bertz CT molecular complexity index is 430. The van der Waals surface area contributed by atoms with Crippen LogP contribution in [0, 0.1) is 0 Å².